The number of halogens is 1. The Morgan fingerprint density at radius 3 is 2.76 bits per heavy atom. The summed E-state index contributed by atoms with van der Waals surface area (Å²) in [4.78, 5) is 11.2. The number of thioether (sulfide) groups is 1. The fraction of sp³-hybridized carbons (Fsp3) is 0.118. The molecule has 0 radical (unpaired) electrons. The normalized spacial score (nSPS) is 10.6. The number of ether oxygens (including phenoxy) is 1. The zero-order valence-electron chi connectivity index (χ0n) is 13.3. The van der Waals surface area contributed by atoms with Crippen LogP contribution in [0.25, 0.3) is 17.1 Å². The van der Waals surface area contributed by atoms with Crippen LogP contribution in [-0.2, 0) is 4.79 Å². The van der Waals surface area contributed by atoms with Crippen LogP contribution >= 0.6 is 23.4 Å². The van der Waals surface area contributed by atoms with Crippen molar-refractivity contribution >= 4 is 29.3 Å². The molecule has 0 fully saturated rings. The Hall–Kier alpha value is -2.51. The van der Waals surface area contributed by atoms with Crippen LogP contribution in [0.2, 0.25) is 5.02 Å². The third-order valence-electron chi connectivity index (χ3n) is 3.39. The molecule has 128 valence electrons. The lowest BCUT2D eigenvalue weighted by Crippen LogP contribution is -2.13. The average Bonchev–Trinajstić information content (AvgIpc) is 3.03. The fourth-order valence-corrected chi connectivity index (χ4v) is 3.23. The van der Waals surface area contributed by atoms with Gasteiger partial charge in [0.2, 0.25) is 5.91 Å². The Labute approximate surface area is 154 Å². The van der Waals surface area contributed by atoms with E-state index in [1.54, 1.807) is 19.2 Å². The number of nitrogens with two attached hydrogens (primary N) is 1. The molecule has 0 atom stereocenters. The van der Waals surface area contributed by atoms with Crippen LogP contribution in [0.4, 0.5) is 0 Å². The zero-order valence-corrected chi connectivity index (χ0v) is 14.9. The SMILES string of the molecule is COc1ccccc1-c1nnc(SCC(N)=O)n1-c1cccc(Cl)c1. The van der Waals surface area contributed by atoms with Crippen molar-refractivity contribution in [3.63, 3.8) is 0 Å². The number of para-hydroxylation sites is 1. The Kier molecular flexibility index (Phi) is 5.25. The Balaban J connectivity index is 2.17. The van der Waals surface area contributed by atoms with Gasteiger partial charge in [0.25, 0.3) is 0 Å². The summed E-state index contributed by atoms with van der Waals surface area (Å²) in [7, 11) is 1.60. The molecule has 0 aliphatic heterocycles. The summed E-state index contributed by atoms with van der Waals surface area (Å²) < 4.78 is 7.26. The van der Waals surface area contributed by atoms with E-state index in [-0.39, 0.29) is 5.75 Å². The lowest BCUT2D eigenvalue weighted by atomic mass is 10.2. The van der Waals surface area contributed by atoms with Crippen molar-refractivity contribution in [2.45, 2.75) is 5.16 Å². The number of benzene rings is 2. The fourth-order valence-electron chi connectivity index (χ4n) is 2.35. The van der Waals surface area contributed by atoms with Crippen molar-refractivity contribution in [3.8, 4) is 22.8 Å². The van der Waals surface area contributed by atoms with E-state index in [2.05, 4.69) is 10.2 Å². The summed E-state index contributed by atoms with van der Waals surface area (Å²) in [6, 6.07) is 14.8. The van der Waals surface area contributed by atoms with Gasteiger partial charge in [0.1, 0.15) is 5.75 Å². The number of primary amides is 1. The molecule has 0 spiro atoms. The predicted molar refractivity (Wildman–Crippen MR) is 98.3 cm³/mol. The molecule has 2 aromatic carbocycles. The standard InChI is InChI=1S/C17H15ClN4O2S/c1-24-14-8-3-2-7-13(14)16-20-21-17(25-10-15(19)23)22(16)12-6-4-5-11(18)9-12/h2-9H,10H2,1H3,(H2,19,23). The number of nitrogens with zero attached hydrogens (tertiary/aromatic N) is 3. The van der Waals surface area contributed by atoms with Gasteiger partial charge in [-0.1, -0.05) is 41.6 Å². The molecule has 1 amide bonds. The third kappa shape index (κ3) is 3.78. The molecule has 3 rings (SSSR count). The molecule has 0 saturated carbocycles. The minimum atomic E-state index is -0.426. The first-order valence-electron chi connectivity index (χ1n) is 7.36. The maximum atomic E-state index is 11.2. The van der Waals surface area contributed by atoms with E-state index in [4.69, 9.17) is 22.1 Å². The summed E-state index contributed by atoms with van der Waals surface area (Å²) in [5, 5.41) is 9.64. The third-order valence-corrected chi connectivity index (χ3v) is 4.58. The number of aromatic nitrogens is 3. The molecule has 3 aromatic rings. The first kappa shape index (κ1) is 17.3. The van der Waals surface area contributed by atoms with Gasteiger partial charge in [-0.25, -0.2) is 0 Å². The van der Waals surface area contributed by atoms with Crippen LogP contribution < -0.4 is 10.5 Å². The topological polar surface area (TPSA) is 83.0 Å². The van der Waals surface area contributed by atoms with E-state index in [1.165, 1.54) is 11.8 Å². The second-order valence-corrected chi connectivity index (χ2v) is 6.46. The Morgan fingerprint density at radius 1 is 1.24 bits per heavy atom. The van der Waals surface area contributed by atoms with Gasteiger partial charge in [-0.3, -0.25) is 9.36 Å². The van der Waals surface area contributed by atoms with Gasteiger partial charge in [-0.15, -0.1) is 10.2 Å². The number of rotatable bonds is 6. The molecule has 1 heterocycles. The minimum absolute atomic E-state index is 0.102. The second-order valence-electron chi connectivity index (χ2n) is 5.08. The summed E-state index contributed by atoms with van der Waals surface area (Å²) in [6.07, 6.45) is 0. The number of hydrogen-bond donors (Lipinski definition) is 1. The van der Waals surface area contributed by atoms with E-state index >= 15 is 0 Å². The first-order chi connectivity index (χ1) is 12.1. The van der Waals surface area contributed by atoms with Gasteiger partial charge in [-0.2, -0.15) is 0 Å². The van der Waals surface area contributed by atoms with Gasteiger partial charge in [0.05, 0.1) is 24.1 Å². The Morgan fingerprint density at radius 2 is 2.04 bits per heavy atom. The van der Waals surface area contributed by atoms with Crippen LogP contribution in [0.1, 0.15) is 0 Å². The van der Waals surface area contributed by atoms with E-state index in [0.29, 0.717) is 21.8 Å². The number of carbonyl (C=O) groups is 1. The summed E-state index contributed by atoms with van der Waals surface area (Å²) >= 11 is 7.35. The lowest BCUT2D eigenvalue weighted by Gasteiger charge is -2.12. The van der Waals surface area contributed by atoms with Gasteiger partial charge < -0.3 is 10.5 Å². The maximum Gasteiger partial charge on any atom is 0.227 e. The molecular weight excluding hydrogens is 360 g/mol. The van der Waals surface area contributed by atoms with E-state index in [1.807, 2.05) is 41.0 Å². The molecule has 25 heavy (non-hydrogen) atoms. The molecule has 0 saturated heterocycles. The molecule has 0 aliphatic carbocycles. The van der Waals surface area contributed by atoms with Crippen LogP contribution in [0.3, 0.4) is 0 Å². The van der Waals surface area contributed by atoms with E-state index in [9.17, 15) is 4.79 Å². The molecular formula is C17H15ClN4O2S. The van der Waals surface area contributed by atoms with Crippen molar-refractivity contribution in [1.29, 1.82) is 0 Å². The largest absolute Gasteiger partial charge is 0.496 e. The highest BCUT2D eigenvalue weighted by atomic mass is 35.5. The number of carbonyl (C=O) groups excluding carboxylic acids is 1. The van der Waals surface area contributed by atoms with Crippen LogP contribution in [0.15, 0.2) is 53.7 Å². The van der Waals surface area contributed by atoms with Crippen LogP contribution in [0.5, 0.6) is 5.75 Å². The summed E-state index contributed by atoms with van der Waals surface area (Å²) in [5.41, 5.74) is 6.82. The summed E-state index contributed by atoms with van der Waals surface area (Å²) in [5.74, 6) is 0.936. The Bertz CT molecular complexity index is 913. The molecule has 0 unspecified atom stereocenters. The predicted octanol–water partition coefficient (Wildman–Crippen LogP) is 3.17. The molecule has 6 nitrogen and oxygen atoms in total. The van der Waals surface area contributed by atoms with E-state index < -0.39 is 5.91 Å². The number of methoxy groups -OCH3 is 1. The molecule has 2 N–H and O–H groups in total. The number of hydrogen-bond acceptors (Lipinski definition) is 5. The monoisotopic (exact) mass is 374 g/mol. The highest BCUT2D eigenvalue weighted by molar-refractivity contribution is 7.99. The lowest BCUT2D eigenvalue weighted by molar-refractivity contribution is -0.115. The van der Waals surface area contributed by atoms with Crippen molar-refractivity contribution in [3.05, 3.63) is 53.6 Å². The quantitative estimate of drug-likeness (QED) is 0.670. The van der Waals surface area contributed by atoms with Gasteiger partial charge >= 0.3 is 0 Å². The van der Waals surface area contributed by atoms with Crippen molar-refractivity contribution in [2.24, 2.45) is 5.73 Å². The van der Waals surface area contributed by atoms with Crippen molar-refractivity contribution in [1.82, 2.24) is 14.8 Å². The van der Waals surface area contributed by atoms with Gasteiger partial charge in [-0.05, 0) is 30.3 Å². The average molecular weight is 375 g/mol. The highest BCUT2D eigenvalue weighted by Crippen LogP contribution is 2.33. The van der Waals surface area contributed by atoms with Crippen LogP contribution in [0, 0.1) is 0 Å². The zero-order chi connectivity index (χ0) is 17.8. The van der Waals surface area contributed by atoms with Gasteiger partial charge in [0, 0.05) is 5.02 Å². The highest BCUT2D eigenvalue weighted by Gasteiger charge is 2.19. The van der Waals surface area contributed by atoms with Gasteiger partial charge in [0.15, 0.2) is 11.0 Å². The maximum absolute atomic E-state index is 11.2. The van der Waals surface area contributed by atoms with Crippen LogP contribution in [-0.4, -0.2) is 33.5 Å². The molecule has 8 heteroatoms. The smallest absolute Gasteiger partial charge is 0.227 e. The molecule has 0 bridgehead atoms. The van der Waals surface area contributed by atoms with Crippen molar-refractivity contribution < 1.29 is 9.53 Å². The molecule has 1 aromatic heterocycles. The summed E-state index contributed by atoms with van der Waals surface area (Å²) in [6.45, 7) is 0. The first-order valence-corrected chi connectivity index (χ1v) is 8.72. The number of amides is 1. The molecule has 0 aliphatic rings. The second kappa shape index (κ2) is 7.58. The van der Waals surface area contributed by atoms with E-state index in [0.717, 1.165) is 11.3 Å². The minimum Gasteiger partial charge on any atom is -0.496 e. The van der Waals surface area contributed by atoms with Crippen molar-refractivity contribution in [2.75, 3.05) is 12.9 Å².